The third-order valence-corrected chi connectivity index (χ3v) is 5.04. The first-order chi connectivity index (χ1) is 13.2. The van der Waals surface area contributed by atoms with Crippen LogP contribution in [0, 0.1) is 0 Å². The van der Waals surface area contributed by atoms with Crippen molar-refractivity contribution in [2.75, 3.05) is 38.6 Å². The summed E-state index contributed by atoms with van der Waals surface area (Å²) >= 11 is 0. The highest BCUT2D eigenvalue weighted by Crippen LogP contribution is 2.29. The van der Waals surface area contributed by atoms with Crippen LogP contribution in [0.25, 0.3) is 11.5 Å². The van der Waals surface area contributed by atoms with Crippen molar-refractivity contribution in [2.45, 2.75) is 25.3 Å². The summed E-state index contributed by atoms with van der Waals surface area (Å²) in [4.78, 5) is 13.7. The number of imidazole rings is 1. The molecule has 0 bridgehead atoms. The molecule has 2 aromatic heterocycles. The molecule has 1 saturated heterocycles. The Morgan fingerprint density at radius 3 is 2.89 bits per heavy atom. The first kappa shape index (κ1) is 17.7. The molecule has 0 N–H and O–H groups in total. The van der Waals surface area contributed by atoms with Crippen molar-refractivity contribution in [3.63, 3.8) is 0 Å². The smallest absolute Gasteiger partial charge is 0.266 e. The zero-order valence-electron chi connectivity index (χ0n) is 16.0. The van der Waals surface area contributed by atoms with E-state index in [4.69, 9.17) is 4.52 Å². The van der Waals surface area contributed by atoms with Crippen molar-refractivity contribution in [2.24, 2.45) is 0 Å². The molecule has 1 atom stereocenters. The summed E-state index contributed by atoms with van der Waals surface area (Å²) in [6.07, 6.45) is 6.23. The molecule has 4 rings (SSSR count). The molecule has 1 fully saturated rings. The van der Waals surface area contributed by atoms with E-state index in [0.29, 0.717) is 17.8 Å². The number of benzene rings is 1. The molecule has 0 unspecified atom stereocenters. The molecule has 3 aromatic rings. The van der Waals surface area contributed by atoms with Crippen LogP contribution in [0.5, 0.6) is 0 Å². The minimum absolute atomic E-state index is 0.384. The van der Waals surface area contributed by atoms with Crippen molar-refractivity contribution >= 4 is 5.95 Å². The summed E-state index contributed by atoms with van der Waals surface area (Å²) in [5, 5.41) is 4.22. The molecule has 7 heteroatoms. The van der Waals surface area contributed by atoms with Gasteiger partial charge in [0.15, 0.2) is 0 Å². The second-order valence-electron chi connectivity index (χ2n) is 7.33. The highest BCUT2D eigenvalue weighted by molar-refractivity contribution is 5.54. The van der Waals surface area contributed by atoms with Gasteiger partial charge in [0.25, 0.3) is 11.8 Å². The molecule has 0 aliphatic carbocycles. The first-order valence-electron chi connectivity index (χ1n) is 9.50. The topological polar surface area (TPSA) is 63.2 Å². The second kappa shape index (κ2) is 7.92. The third kappa shape index (κ3) is 4.03. The predicted molar refractivity (Wildman–Crippen MR) is 105 cm³/mol. The summed E-state index contributed by atoms with van der Waals surface area (Å²) in [5.74, 6) is 2.79. The lowest BCUT2D eigenvalue weighted by Gasteiger charge is -2.31. The lowest BCUT2D eigenvalue weighted by atomic mass is 9.97. The minimum atomic E-state index is 0.384. The zero-order valence-corrected chi connectivity index (χ0v) is 16.0. The van der Waals surface area contributed by atoms with Gasteiger partial charge in [0, 0.05) is 50.1 Å². The Balaban J connectivity index is 1.48. The molecule has 1 aromatic carbocycles. The fourth-order valence-electron chi connectivity index (χ4n) is 3.59. The van der Waals surface area contributed by atoms with Gasteiger partial charge in [-0.3, -0.25) is 0 Å². The van der Waals surface area contributed by atoms with E-state index in [0.717, 1.165) is 50.4 Å². The summed E-state index contributed by atoms with van der Waals surface area (Å²) < 4.78 is 7.77. The highest BCUT2D eigenvalue weighted by atomic mass is 16.5. The SMILES string of the molecule is CN(C)CCn1ccnc1[C@@H]1CCCN(c2noc(-c3ccccc3)n2)C1. The molecule has 0 spiro atoms. The molecular formula is C20H26N6O. The number of aromatic nitrogens is 4. The monoisotopic (exact) mass is 366 g/mol. The van der Waals surface area contributed by atoms with Gasteiger partial charge < -0.3 is 18.9 Å². The first-order valence-corrected chi connectivity index (χ1v) is 9.50. The Kier molecular flexibility index (Phi) is 5.20. The van der Waals surface area contributed by atoms with E-state index in [1.54, 1.807) is 0 Å². The van der Waals surface area contributed by atoms with Gasteiger partial charge >= 0.3 is 0 Å². The van der Waals surface area contributed by atoms with E-state index in [1.807, 2.05) is 36.5 Å². The van der Waals surface area contributed by atoms with E-state index in [-0.39, 0.29) is 0 Å². The average Bonchev–Trinajstić information content (AvgIpc) is 3.37. The van der Waals surface area contributed by atoms with Crippen molar-refractivity contribution in [3.8, 4) is 11.5 Å². The second-order valence-corrected chi connectivity index (χ2v) is 7.33. The quantitative estimate of drug-likeness (QED) is 0.668. The Morgan fingerprint density at radius 2 is 2.07 bits per heavy atom. The number of likely N-dealkylation sites (N-methyl/N-ethyl adjacent to an activating group) is 1. The Labute approximate surface area is 159 Å². The molecule has 7 nitrogen and oxygen atoms in total. The summed E-state index contributed by atoms with van der Waals surface area (Å²) in [5.41, 5.74) is 0.948. The van der Waals surface area contributed by atoms with Crippen LogP contribution in [0.3, 0.4) is 0 Å². The molecule has 0 saturated carbocycles. The number of hydrogen-bond donors (Lipinski definition) is 0. The number of piperidine rings is 1. The van der Waals surface area contributed by atoms with Gasteiger partial charge in [-0.25, -0.2) is 4.98 Å². The number of hydrogen-bond acceptors (Lipinski definition) is 6. The third-order valence-electron chi connectivity index (χ3n) is 5.04. The van der Waals surface area contributed by atoms with Crippen LogP contribution in [0.1, 0.15) is 24.6 Å². The Hall–Kier alpha value is -2.67. The standard InChI is InChI=1S/C20H26N6O/c1-24(2)13-14-25-12-10-21-18(25)17-9-6-11-26(15-17)20-22-19(27-23-20)16-7-4-3-5-8-16/h3-5,7-8,10,12,17H,6,9,11,13-15H2,1-2H3/t17-/m1/s1. The van der Waals surface area contributed by atoms with Crippen molar-refractivity contribution in [3.05, 3.63) is 48.5 Å². The van der Waals surface area contributed by atoms with Crippen molar-refractivity contribution in [1.29, 1.82) is 0 Å². The van der Waals surface area contributed by atoms with Crippen LogP contribution in [0.15, 0.2) is 47.2 Å². The van der Waals surface area contributed by atoms with Crippen LogP contribution in [-0.4, -0.2) is 58.3 Å². The summed E-state index contributed by atoms with van der Waals surface area (Å²) in [6.45, 7) is 3.78. The molecule has 3 heterocycles. The van der Waals surface area contributed by atoms with Gasteiger partial charge in [-0.2, -0.15) is 4.98 Å². The number of nitrogens with zero attached hydrogens (tertiary/aromatic N) is 6. The molecule has 1 aliphatic rings. The fraction of sp³-hybridized carbons (Fsp3) is 0.450. The molecule has 142 valence electrons. The van der Waals surface area contributed by atoms with Gasteiger partial charge in [0.2, 0.25) is 0 Å². The van der Waals surface area contributed by atoms with Crippen molar-refractivity contribution < 1.29 is 4.52 Å². The number of anilines is 1. The highest BCUT2D eigenvalue weighted by Gasteiger charge is 2.27. The van der Waals surface area contributed by atoms with E-state index in [1.165, 1.54) is 0 Å². The van der Waals surface area contributed by atoms with E-state index >= 15 is 0 Å². The van der Waals surface area contributed by atoms with Crippen LogP contribution in [0.4, 0.5) is 5.95 Å². The summed E-state index contributed by atoms with van der Waals surface area (Å²) in [7, 11) is 4.19. The van der Waals surface area contributed by atoms with Crippen molar-refractivity contribution in [1.82, 2.24) is 24.6 Å². The van der Waals surface area contributed by atoms with E-state index in [2.05, 4.69) is 49.8 Å². The van der Waals surface area contributed by atoms with Gasteiger partial charge in [0.05, 0.1) is 0 Å². The lowest BCUT2D eigenvalue weighted by molar-refractivity contribution is 0.372. The van der Waals surface area contributed by atoms with Gasteiger partial charge in [-0.1, -0.05) is 18.2 Å². The van der Waals surface area contributed by atoms with Gasteiger partial charge in [-0.05, 0) is 44.2 Å². The molecule has 0 radical (unpaired) electrons. The Bertz CT molecular complexity index is 856. The van der Waals surface area contributed by atoms with E-state index in [9.17, 15) is 0 Å². The molecule has 27 heavy (non-hydrogen) atoms. The van der Waals surface area contributed by atoms with Crippen LogP contribution >= 0.6 is 0 Å². The molecule has 1 aliphatic heterocycles. The maximum absolute atomic E-state index is 5.49. The van der Waals surface area contributed by atoms with Crippen LogP contribution in [0.2, 0.25) is 0 Å². The van der Waals surface area contributed by atoms with E-state index < -0.39 is 0 Å². The van der Waals surface area contributed by atoms with Gasteiger partial charge in [-0.15, -0.1) is 0 Å². The molecular weight excluding hydrogens is 340 g/mol. The lowest BCUT2D eigenvalue weighted by Crippen LogP contribution is -2.36. The minimum Gasteiger partial charge on any atom is -0.337 e. The Morgan fingerprint density at radius 1 is 1.22 bits per heavy atom. The van der Waals surface area contributed by atoms with Gasteiger partial charge in [0.1, 0.15) is 5.82 Å². The van der Waals surface area contributed by atoms with Crippen LogP contribution in [-0.2, 0) is 6.54 Å². The zero-order chi connectivity index (χ0) is 18.6. The maximum Gasteiger partial charge on any atom is 0.266 e. The fourth-order valence-corrected chi connectivity index (χ4v) is 3.59. The summed E-state index contributed by atoms with van der Waals surface area (Å²) in [6, 6.07) is 9.90. The maximum atomic E-state index is 5.49. The number of rotatable bonds is 6. The average molecular weight is 366 g/mol. The largest absolute Gasteiger partial charge is 0.337 e. The van der Waals surface area contributed by atoms with Crippen LogP contribution < -0.4 is 4.90 Å². The molecule has 0 amide bonds. The normalized spacial score (nSPS) is 17.6. The predicted octanol–water partition coefficient (Wildman–Crippen LogP) is 2.88.